The normalized spacial score (nSPS) is 18.7. The highest BCUT2D eigenvalue weighted by Gasteiger charge is 2.51. The van der Waals surface area contributed by atoms with Crippen LogP contribution >= 0.6 is 0 Å². The molecule has 0 unspecified atom stereocenters. The van der Waals surface area contributed by atoms with E-state index >= 15 is 0 Å². The lowest BCUT2D eigenvalue weighted by Gasteiger charge is -2.37. The number of amides is 3. The minimum atomic E-state index is -0.741. The van der Waals surface area contributed by atoms with Gasteiger partial charge in [-0.2, -0.15) is 0 Å². The van der Waals surface area contributed by atoms with Gasteiger partial charge in [-0.3, -0.25) is 9.69 Å². The summed E-state index contributed by atoms with van der Waals surface area (Å²) in [5, 5.41) is 2.95. The van der Waals surface area contributed by atoms with Gasteiger partial charge in [0.25, 0.3) is 5.91 Å². The first-order chi connectivity index (χ1) is 14.3. The molecule has 0 radical (unpaired) electrons. The molecule has 8 heteroatoms. The minimum Gasteiger partial charge on any atom is -0.494 e. The van der Waals surface area contributed by atoms with Crippen molar-refractivity contribution in [3.63, 3.8) is 0 Å². The molecule has 30 heavy (non-hydrogen) atoms. The standard InChI is InChI=1S/C22H31N3O5/c1-16(2)15-24-12-9-22(10-13-24)20(27)25(21(28)23-22)11-4-14-30-18-7-5-17(6-8-18)19(26)29-3/h5-8,16H,4,9-15H2,1-3H3,(H,23,28). The Balaban J connectivity index is 1.45. The fraction of sp³-hybridized carbons (Fsp3) is 0.591. The highest BCUT2D eigenvalue weighted by molar-refractivity contribution is 6.07. The Morgan fingerprint density at radius 3 is 2.43 bits per heavy atom. The Morgan fingerprint density at radius 1 is 1.17 bits per heavy atom. The Morgan fingerprint density at radius 2 is 1.83 bits per heavy atom. The summed E-state index contributed by atoms with van der Waals surface area (Å²) in [7, 11) is 1.33. The second-order valence-electron chi connectivity index (χ2n) is 8.38. The number of methoxy groups -OCH3 is 1. The van der Waals surface area contributed by atoms with Crippen LogP contribution in [0.15, 0.2) is 24.3 Å². The molecule has 1 aromatic carbocycles. The molecule has 0 bridgehead atoms. The van der Waals surface area contributed by atoms with Gasteiger partial charge in [0.1, 0.15) is 11.3 Å². The molecule has 2 heterocycles. The van der Waals surface area contributed by atoms with Gasteiger partial charge in [-0.15, -0.1) is 0 Å². The lowest BCUT2D eigenvalue weighted by molar-refractivity contribution is -0.133. The van der Waals surface area contributed by atoms with Crippen LogP contribution in [0.5, 0.6) is 5.75 Å². The molecule has 2 saturated heterocycles. The number of carbonyl (C=O) groups is 3. The summed E-state index contributed by atoms with van der Waals surface area (Å²) in [5.74, 6) is 0.693. The first-order valence-corrected chi connectivity index (χ1v) is 10.5. The Labute approximate surface area is 177 Å². The van der Waals surface area contributed by atoms with E-state index in [1.165, 1.54) is 12.0 Å². The molecule has 164 valence electrons. The van der Waals surface area contributed by atoms with Crippen LogP contribution in [-0.2, 0) is 9.53 Å². The molecule has 2 fully saturated rings. The summed E-state index contributed by atoms with van der Waals surface area (Å²) in [6.45, 7) is 7.71. The van der Waals surface area contributed by atoms with E-state index in [2.05, 4.69) is 28.8 Å². The van der Waals surface area contributed by atoms with Crippen molar-refractivity contribution in [2.75, 3.05) is 39.9 Å². The molecule has 0 saturated carbocycles. The molecule has 3 rings (SSSR count). The first-order valence-electron chi connectivity index (χ1n) is 10.5. The number of piperidine rings is 1. The molecule has 0 atom stereocenters. The van der Waals surface area contributed by atoms with Gasteiger partial charge in [0.2, 0.25) is 0 Å². The molecule has 1 spiro atoms. The van der Waals surface area contributed by atoms with Crippen LogP contribution in [0.25, 0.3) is 0 Å². The molecular weight excluding hydrogens is 386 g/mol. The number of nitrogens with one attached hydrogen (secondary N) is 1. The summed E-state index contributed by atoms with van der Waals surface area (Å²) >= 11 is 0. The summed E-state index contributed by atoms with van der Waals surface area (Å²) < 4.78 is 10.3. The van der Waals surface area contributed by atoms with Gasteiger partial charge < -0.3 is 19.7 Å². The van der Waals surface area contributed by atoms with Crippen LogP contribution in [0, 0.1) is 5.92 Å². The number of benzene rings is 1. The van der Waals surface area contributed by atoms with Crippen LogP contribution in [0.1, 0.15) is 43.5 Å². The zero-order valence-corrected chi connectivity index (χ0v) is 18.0. The van der Waals surface area contributed by atoms with E-state index < -0.39 is 11.5 Å². The third-order valence-electron chi connectivity index (χ3n) is 5.65. The number of hydrogen-bond acceptors (Lipinski definition) is 6. The Bertz CT molecular complexity index is 769. The molecule has 0 aliphatic carbocycles. The summed E-state index contributed by atoms with van der Waals surface area (Å²) in [6.07, 6.45) is 1.85. The fourth-order valence-electron chi connectivity index (χ4n) is 4.07. The number of carbonyl (C=O) groups excluding carboxylic acids is 3. The topological polar surface area (TPSA) is 88.2 Å². The molecule has 3 amide bonds. The number of nitrogens with zero attached hydrogens (tertiary/aromatic N) is 2. The fourth-order valence-corrected chi connectivity index (χ4v) is 4.07. The monoisotopic (exact) mass is 417 g/mol. The first kappa shape index (κ1) is 22.1. The van der Waals surface area contributed by atoms with Gasteiger partial charge in [0, 0.05) is 26.2 Å². The average Bonchev–Trinajstić information content (AvgIpc) is 2.96. The van der Waals surface area contributed by atoms with Gasteiger partial charge in [0.15, 0.2) is 0 Å². The van der Waals surface area contributed by atoms with Gasteiger partial charge in [0.05, 0.1) is 19.3 Å². The molecule has 0 aromatic heterocycles. The zero-order chi connectivity index (χ0) is 21.7. The van der Waals surface area contributed by atoms with Crippen molar-refractivity contribution < 1.29 is 23.9 Å². The van der Waals surface area contributed by atoms with E-state index in [1.54, 1.807) is 24.3 Å². The second kappa shape index (κ2) is 9.47. The summed E-state index contributed by atoms with van der Waals surface area (Å²) in [4.78, 5) is 40.5. The zero-order valence-electron chi connectivity index (χ0n) is 18.0. The van der Waals surface area contributed by atoms with Crippen molar-refractivity contribution in [2.45, 2.75) is 38.6 Å². The van der Waals surface area contributed by atoms with Gasteiger partial charge >= 0.3 is 12.0 Å². The summed E-state index contributed by atoms with van der Waals surface area (Å²) in [5.41, 5.74) is -0.288. The third kappa shape index (κ3) is 4.92. The lowest BCUT2D eigenvalue weighted by Crippen LogP contribution is -2.55. The lowest BCUT2D eigenvalue weighted by atomic mass is 9.87. The molecule has 2 aliphatic rings. The van der Waals surface area contributed by atoms with E-state index in [1.807, 2.05) is 0 Å². The number of urea groups is 1. The number of esters is 1. The van der Waals surface area contributed by atoms with E-state index in [0.29, 0.717) is 49.6 Å². The van der Waals surface area contributed by atoms with Crippen LogP contribution in [-0.4, -0.2) is 73.1 Å². The molecule has 1 N–H and O–H groups in total. The van der Waals surface area contributed by atoms with Crippen molar-refractivity contribution in [3.8, 4) is 5.75 Å². The van der Waals surface area contributed by atoms with E-state index in [0.717, 1.165) is 19.6 Å². The number of imide groups is 1. The van der Waals surface area contributed by atoms with Crippen molar-refractivity contribution in [3.05, 3.63) is 29.8 Å². The third-order valence-corrected chi connectivity index (χ3v) is 5.65. The second-order valence-corrected chi connectivity index (χ2v) is 8.38. The quantitative estimate of drug-likeness (QED) is 0.397. The van der Waals surface area contributed by atoms with Crippen molar-refractivity contribution in [2.24, 2.45) is 5.92 Å². The van der Waals surface area contributed by atoms with Crippen LogP contribution in [0.3, 0.4) is 0 Å². The maximum Gasteiger partial charge on any atom is 0.337 e. The van der Waals surface area contributed by atoms with Gasteiger partial charge in [-0.05, 0) is 49.4 Å². The predicted octanol–water partition coefficient (Wildman–Crippen LogP) is 2.28. The largest absolute Gasteiger partial charge is 0.494 e. The van der Waals surface area contributed by atoms with Crippen molar-refractivity contribution in [1.82, 2.24) is 15.1 Å². The average molecular weight is 418 g/mol. The smallest absolute Gasteiger partial charge is 0.337 e. The van der Waals surface area contributed by atoms with Crippen molar-refractivity contribution in [1.29, 1.82) is 0 Å². The van der Waals surface area contributed by atoms with Crippen LogP contribution < -0.4 is 10.1 Å². The van der Waals surface area contributed by atoms with Crippen LogP contribution in [0.4, 0.5) is 4.79 Å². The Kier molecular flexibility index (Phi) is 6.97. The minimum absolute atomic E-state index is 0.112. The van der Waals surface area contributed by atoms with E-state index in [4.69, 9.17) is 4.74 Å². The van der Waals surface area contributed by atoms with Crippen molar-refractivity contribution >= 4 is 17.9 Å². The van der Waals surface area contributed by atoms with Gasteiger partial charge in [-0.25, -0.2) is 9.59 Å². The highest BCUT2D eigenvalue weighted by Crippen LogP contribution is 2.30. The number of likely N-dealkylation sites (tertiary alicyclic amines) is 1. The highest BCUT2D eigenvalue weighted by atomic mass is 16.5. The molecule has 1 aromatic rings. The summed E-state index contributed by atoms with van der Waals surface area (Å²) in [6, 6.07) is 6.35. The molecular formula is C22H31N3O5. The maximum absolute atomic E-state index is 13.0. The number of ether oxygens (including phenoxy) is 2. The van der Waals surface area contributed by atoms with E-state index in [9.17, 15) is 14.4 Å². The Hall–Kier alpha value is -2.61. The predicted molar refractivity (Wildman–Crippen MR) is 111 cm³/mol. The maximum atomic E-state index is 13.0. The number of rotatable bonds is 8. The molecule has 2 aliphatic heterocycles. The number of hydrogen-bond donors (Lipinski definition) is 1. The van der Waals surface area contributed by atoms with Crippen LogP contribution in [0.2, 0.25) is 0 Å². The van der Waals surface area contributed by atoms with Gasteiger partial charge in [-0.1, -0.05) is 13.8 Å². The van der Waals surface area contributed by atoms with E-state index in [-0.39, 0.29) is 11.9 Å². The molecule has 8 nitrogen and oxygen atoms in total. The SMILES string of the molecule is COC(=O)c1ccc(OCCCN2C(=O)NC3(CCN(CC(C)C)CC3)C2=O)cc1.